The molecule has 0 bridgehead atoms. The molecule has 0 heterocycles. The molecule has 1 aliphatic rings. The third kappa shape index (κ3) is 3.47. The Morgan fingerprint density at radius 1 is 1.30 bits per heavy atom. The predicted octanol–water partition coefficient (Wildman–Crippen LogP) is 1.23. The Kier molecular flexibility index (Phi) is 4.62. The zero-order chi connectivity index (χ0) is 14.8. The highest BCUT2D eigenvalue weighted by Crippen LogP contribution is 2.32. The van der Waals surface area contributed by atoms with E-state index >= 15 is 0 Å². The lowest BCUT2D eigenvalue weighted by Gasteiger charge is -2.18. The molecule has 2 atom stereocenters. The Morgan fingerprint density at radius 3 is 2.60 bits per heavy atom. The number of hydrogen-bond acceptors (Lipinski definition) is 4. The van der Waals surface area contributed by atoms with Crippen LogP contribution in [0.2, 0.25) is 0 Å². The monoisotopic (exact) mass is 302 g/mol. The van der Waals surface area contributed by atoms with Crippen LogP contribution in [0.5, 0.6) is 5.75 Å². The number of halogens is 1. The SMILES string of the molecule is NCC1CCCC1COc1ccc(S(N)(=O)=O)cc1F. The van der Waals surface area contributed by atoms with Gasteiger partial charge in [-0.15, -0.1) is 0 Å². The summed E-state index contributed by atoms with van der Waals surface area (Å²) >= 11 is 0. The van der Waals surface area contributed by atoms with Crippen molar-refractivity contribution in [1.82, 2.24) is 0 Å². The molecule has 2 unspecified atom stereocenters. The van der Waals surface area contributed by atoms with Crippen LogP contribution in [0.4, 0.5) is 4.39 Å². The van der Waals surface area contributed by atoms with Crippen molar-refractivity contribution in [3.05, 3.63) is 24.0 Å². The summed E-state index contributed by atoms with van der Waals surface area (Å²) in [7, 11) is -3.90. The summed E-state index contributed by atoms with van der Waals surface area (Å²) in [5.74, 6) is 0.0676. The average Bonchev–Trinajstić information content (AvgIpc) is 2.83. The lowest BCUT2D eigenvalue weighted by molar-refractivity contribution is 0.209. The first-order valence-electron chi connectivity index (χ1n) is 6.57. The molecule has 1 fully saturated rings. The van der Waals surface area contributed by atoms with E-state index in [9.17, 15) is 12.8 Å². The van der Waals surface area contributed by atoms with E-state index in [1.807, 2.05) is 0 Å². The van der Waals surface area contributed by atoms with Crippen LogP contribution in [0.25, 0.3) is 0 Å². The van der Waals surface area contributed by atoms with Gasteiger partial charge in [0.25, 0.3) is 0 Å². The zero-order valence-electron chi connectivity index (χ0n) is 11.1. The van der Waals surface area contributed by atoms with Gasteiger partial charge in [0.15, 0.2) is 11.6 Å². The topological polar surface area (TPSA) is 95.4 Å². The first-order valence-corrected chi connectivity index (χ1v) is 8.11. The van der Waals surface area contributed by atoms with Crippen molar-refractivity contribution in [3.63, 3.8) is 0 Å². The zero-order valence-corrected chi connectivity index (χ0v) is 11.9. The summed E-state index contributed by atoms with van der Waals surface area (Å²) in [6, 6.07) is 3.41. The molecule has 20 heavy (non-hydrogen) atoms. The average molecular weight is 302 g/mol. The number of hydrogen-bond donors (Lipinski definition) is 2. The maximum absolute atomic E-state index is 13.8. The molecule has 0 aromatic heterocycles. The minimum atomic E-state index is -3.90. The van der Waals surface area contributed by atoms with Crippen LogP contribution >= 0.6 is 0 Å². The normalized spacial score (nSPS) is 22.9. The van der Waals surface area contributed by atoms with E-state index in [1.54, 1.807) is 0 Å². The van der Waals surface area contributed by atoms with Crippen molar-refractivity contribution in [2.45, 2.75) is 24.2 Å². The van der Waals surface area contributed by atoms with Gasteiger partial charge in [0.1, 0.15) is 0 Å². The number of sulfonamides is 1. The number of rotatable bonds is 5. The first-order chi connectivity index (χ1) is 9.41. The van der Waals surface area contributed by atoms with E-state index in [4.69, 9.17) is 15.6 Å². The summed E-state index contributed by atoms with van der Waals surface area (Å²) in [4.78, 5) is -0.261. The Balaban J connectivity index is 2.03. The number of primary sulfonamides is 1. The highest BCUT2D eigenvalue weighted by Gasteiger charge is 2.26. The second-order valence-electron chi connectivity index (χ2n) is 5.14. The van der Waals surface area contributed by atoms with E-state index in [1.165, 1.54) is 12.1 Å². The van der Waals surface area contributed by atoms with Gasteiger partial charge in [0.2, 0.25) is 10.0 Å². The highest BCUT2D eigenvalue weighted by molar-refractivity contribution is 7.89. The molecule has 0 radical (unpaired) electrons. The standard InChI is InChI=1S/C13H19FN2O3S/c14-12-6-11(20(16,17)18)4-5-13(12)19-8-10-3-1-2-9(10)7-15/h4-6,9-10H,1-3,7-8,15H2,(H2,16,17,18). The van der Waals surface area contributed by atoms with Crippen molar-refractivity contribution in [2.75, 3.05) is 13.2 Å². The Labute approximate surface area is 118 Å². The van der Waals surface area contributed by atoms with Crippen molar-refractivity contribution in [2.24, 2.45) is 22.7 Å². The Hall–Kier alpha value is -1.18. The predicted molar refractivity (Wildman–Crippen MR) is 73.2 cm³/mol. The van der Waals surface area contributed by atoms with Crippen LogP contribution in [0.3, 0.4) is 0 Å². The molecule has 0 amide bonds. The van der Waals surface area contributed by atoms with E-state index < -0.39 is 15.8 Å². The van der Waals surface area contributed by atoms with Gasteiger partial charge < -0.3 is 10.5 Å². The fourth-order valence-electron chi connectivity index (χ4n) is 2.62. The van der Waals surface area contributed by atoms with E-state index in [0.717, 1.165) is 25.3 Å². The minimum absolute atomic E-state index is 0.0417. The summed E-state index contributed by atoms with van der Waals surface area (Å²) in [5, 5.41) is 4.94. The van der Waals surface area contributed by atoms with Crippen LogP contribution in [0, 0.1) is 17.7 Å². The summed E-state index contributed by atoms with van der Waals surface area (Å²) in [5.41, 5.74) is 5.68. The summed E-state index contributed by atoms with van der Waals surface area (Å²) < 4.78 is 41.4. The molecule has 1 aromatic carbocycles. The van der Waals surface area contributed by atoms with Crippen molar-refractivity contribution in [1.29, 1.82) is 0 Å². The minimum Gasteiger partial charge on any atom is -0.490 e. The maximum atomic E-state index is 13.8. The third-order valence-electron chi connectivity index (χ3n) is 3.80. The van der Waals surface area contributed by atoms with Gasteiger partial charge in [0.05, 0.1) is 11.5 Å². The van der Waals surface area contributed by atoms with Crippen LogP contribution in [-0.2, 0) is 10.0 Å². The molecule has 1 aromatic rings. The quantitative estimate of drug-likeness (QED) is 0.855. The molecule has 4 N–H and O–H groups in total. The molecule has 1 saturated carbocycles. The van der Waals surface area contributed by atoms with Crippen LogP contribution in [-0.4, -0.2) is 21.6 Å². The third-order valence-corrected chi connectivity index (χ3v) is 4.72. The van der Waals surface area contributed by atoms with E-state index in [2.05, 4.69) is 0 Å². The number of benzene rings is 1. The van der Waals surface area contributed by atoms with Gasteiger partial charge in [-0.1, -0.05) is 6.42 Å². The van der Waals surface area contributed by atoms with Gasteiger partial charge in [-0.05, 0) is 49.4 Å². The number of ether oxygens (including phenoxy) is 1. The Bertz CT molecular complexity index is 577. The van der Waals surface area contributed by atoms with Gasteiger partial charge in [-0.2, -0.15) is 0 Å². The summed E-state index contributed by atoms with van der Waals surface area (Å²) in [6.07, 6.45) is 3.22. The van der Waals surface area contributed by atoms with Crippen LogP contribution < -0.4 is 15.6 Å². The molecular weight excluding hydrogens is 283 g/mol. The second-order valence-corrected chi connectivity index (χ2v) is 6.70. The molecule has 0 saturated heterocycles. The Morgan fingerprint density at radius 2 is 2.00 bits per heavy atom. The van der Waals surface area contributed by atoms with Crippen LogP contribution in [0.15, 0.2) is 23.1 Å². The molecule has 2 rings (SSSR count). The van der Waals surface area contributed by atoms with Crippen LogP contribution in [0.1, 0.15) is 19.3 Å². The second kappa shape index (κ2) is 6.07. The van der Waals surface area contributed by atoms with E-state index in [0.29, 0.717) is 25.0 Å². The first kappa shape index (κ1) is 15.2. The maximum Gasteiger partial charge on any atom is 0.238 e. The van der Waals surface area contributed by atoms with Crippen molar-refractivity contribution in [3.8, 4) is 5.75 Å². The van der Waals surface area contributed by atoms with E-state index in [-0.39, 0.29) is 10.6 Å². The summed E-state index contributed by atoms with van der Waals surface area (Å²) in [6.45, 7) is 1.01. The highest BCUT2D eigenvalue weighted by atomic mass is 32.2. The molecule has 0 spiro atoms. The fraction of sp³-hybridized carbons (Fsp3) is 0.538. The van der Waals surface area contributed by atoms with Crippen molar-refractivity contribution < 1.29 is 17.5 Å². The lowest BCUT2D eigenvalue weighted by atomic mass is 9.97. The van der Waals surface area contributed by atoms with Gasteiger partial charge in [-0.3, -0.25) is 0 Å². The molecule has 5 nitrogen and oxygen atoms in total. The molecule has 112 valence electrons. The van der Waals surface area contributed by atoms with Gasteiger partial charge in [0, 0.05) is 0 Å². The molecule has 1 aliphatic carbocycles. The largest absolute Gasteiger partial charge is 0.490 e. The van der Waals surface area contributed by atoms with Gasteiger partial charge in [-0.25, -0.2) is 17.9 Å². The smallest absolute Gasteiger partial charge is 0.238 e. The van der Waals surface area contributed by atoms with Gasteiger partial charge >= 0.3 is 0 Å². The molecule has 0 aliphatic heterocycles. The fourth-order valence-corrected chi connectivity index (χ4v) is 3.14. The molecule has 7 heteroatoms. The molecular formula is C13H19FN2O3S. The number of nitrogens with two attached hydrogens (primary N) is 2. The lowest BCUT2D eigenvalue weighted by Crippen LogP contribution is -2.23. The van der Waals surface area contributed by atoms with Crippen molar-refractivity contribution >= 4 is 10.0 Å².